The molecule has 0 heterocycles. The molecule has 2 nitrogen and oxygen atoms in total. The van der Waals surface area contributed by atoms with Gasteiger partial charge in [0.05, 0.1) is 0 Å². The molecular weight excluding hydrogens is 978 g/mol. The summed E-state index contributed by atoms with van der Waals surface area (Å²) < 4.78 is 15.9. The molecular formula is C62H70Ge2O2Si2. The zero-order chi connectivity index (χ0) is 48.5. The second-order valence-corrected chi connectivity index (χ2v) is 48.6. The molecule has 0 radical (unpaired) electrons. The number of hydrogen-bond acceptors (Lipinski definition) is 2. The molecule has 8 rings (SSSR count). The molecule has 0 atom stereocenters. The van der Waals surface area contributed by atoms with Crippen molar-refractivity contribution in [3.8, 4) is 22.6 Å². The van der Waals surface area contributed by atoms with Crippen LogP contribution in [-0.2, 0) is 10.8 Å². The average molecular weight is 1050 g/mol. The van der Waals surface area contributed by atoms with E-state index in [4.69, 9.17) is 7.53 Å². The van der Waals surface area contributed by atoms with E-state index in [1.54, 1.807) is 0 Å². The monoisotopic (exact) mass is 1050 g/mol. The van der Waals surface area contributed by atoms with Gasteiger partial charge < -0.3 is 0 Å². The van der Waals surface area contributed by atoms with E-state index in [0.717, 1.165) is 22.6 Å². The predicted molar refractivity (Wildman–Crippen MR) is 304 cm³/mol. The second kappa shape index (κ2) is 19.3. The van der Waals surface area contributed by atoms with Crippen molar-refractivity contribution in [3.63, 3.8) is 0 Å². The third kappa shape index (κ3) is 9.85. The van der Waals surface area contributed by atoms with E-state index in [-0.39, 0.29) is 10.8 Å². The van der Waals surface area contributed by atoms with Crippen LogP contribution in [0.25, 0.3) is 11.1 Å². The number of rotatable bonds is 13. The molecule has 6 heteroatoms. The van der Waals surface area contributed by atoms with Crippen LogP contribution < -0.4 is 49.0 Å². The van der Waals surface area contributed by atoms with E-state index < -0.39 is 43.4 Å². The van der Waals surface area contributed by atoms with Crippen LogP contribution in [-0.4, -0.2) is 43.4 Å². The van der Waals surface area contributed by atoms with E-state index in [1.807, 2.05) is 0 Å². The third-order valence-electron chi connectivity index (χ3n) is 13.1. The Hall–Kier alpha value is -5.12. The zero-order valence-electron chi connectivity index (χ0n) is 42.4. The van der Waals surface area contributed by atoms with Gasteiger partial charge in [-0.05, 0) is 0 Å². The van der Waals surface area contributed by atoms with E-state index in [2.05, 4.69) is 282 Å². The summed E-state index contributed by atoms with van der Waals surface area (Å²) in [5.41, 5.74) is 4.38. The Labute approximate surface area is 416 Å². The predicted octanol–water partition coefficient (Wildman–Crippen LogP) is 11.1. The third-order valence-corrected chi connectivity index (χ3v) is 26.0. The fourth-order valence-corrected chi connectivity index (χ4v) is 23.7. The molecule has 0 amide bonds. The Balaban J connectivity index is 1.68. The number of hydrogen-bond donors (Lipinski definition) is 0. The van der Waals surface area contributed by atoms with Crippen molar-refractivity contribution in [3.05, 3.63) is 217 Å². The molecule has 68 heavy (non-hydrogen) atoms. The van der Waals surface area contributed by atoms with Gasteiger partial charge in [-0.1, -0.05) is 0 Å². The van der Waals surface area contributed by atoms with Gasteiger partial charge in [0, 0.05) is 0 Å². The van der Waals surface area contributed by atoms with Crippen LogP contribution >= 0.6 is 0 Å². The van der Waals surface area contributed by atoms with Crippen LogP contribution in [0.15, 0.2) is 206 Å². The summed E-state index contributed by atoms with van der Waals surface area (Å²) in [7, 11) is -6.31. The molecule has 0 N–H and O–H groups in total. The summed E-state index contributed by atoms with van der Waals surface area (Å²) in [5.74, 6) is 16.3. The summed E-state index contributed by atoms with van der Waals surface area (Å²) in [5, 5.41) is 10.5. The van der Waals surface area contributed by atoms with Gasteiger partial charge in [0.25, 0.3) is 0 Å². The van der Waals surface area contributed by atoms with Crippen LogP contribution in [0.2, 0.25) is 34.5 Å². The first-order chi connectivity index (χ1) is 32.2. The minimum absolute atomic E-state index is 0.209. The Bertz CT molecular complexity index is 2550. The van der Waals surface area contributed by atoms with Crippen LogP contribution in [0.5, 0.6) is 11.5 Å². The molecule has 8 aromatic rings. The summed E-state index contributed by atoms with van der Waals surface area (Å²) in [4.78, 5) is 0. The molecule has 0 spiro atoms. The van der Waals surface area contributed by atoms with Crippen molar-refractivity contribution in [2.75, 3.05) is 0 Å². The molecule has 0 aliphatic rings. The fraction of sp³-hybridized carbons (Fsp3) is 0.226. The van der Waals surface area contributed by atoms with Gasteiger partial charge in [-0.3, -0.25) is 0 Å². The molecule has 0 unspecified atom stereocenters. The average Bonchev–Trinajstić information content (AvgIpc) is 3.31. The minimum atomic E-state index is -3.16. The van der Waals surface area contributed by atoms with Crippen LogP contribution in [0.1, 0.15) is 52.7 Å². The normalized spacial score (nSPS) is 12.7. The molecule has 0 aliphatic heterocycles. The zero-order valence-corrected chi connectivity index (χ0v) is 48.6. The van der Waals surface area contributed by atoms with Gasteiger partial charge in [0.2, 0.25) is 0 Å². The van der Waals surface area contributed by atoms with Crippen molar-refractivity contribution in [1.82, 2.24) is 0 Å². The van der Waals surface area contributed by atoms with E-state index >= 15 is 0 Å². The van der Waals surface area contributed by atoms with E-state index in [0.29, 0.717) is 0 Å². The van der Waals surface area contributed by atoms with Gasteiger partial charge in [0.15, 0.2) is 0 Å². The van der Waals surface area contributed by atoms with Crippen LogP contribution in [0.4, 0.5) is 0 Å². The standard InChI is InChI=1S/C62H70Ge2O2Si2/c1-61(2,3)47-43-55(59(65-63(7,8)9)57(45-47)67(49-31-19-13-20-32-49,50-33-21-14-22-34-50)51-35-23-15-24-36-51)56-44-48(62(4,5)6)46-58(60(56)66-64(10,11)12)68(52-37-25-16-26-38-52,53-39-27-17-28-40-53)54-41-29-18-30-42-54/h13-46H,1-12H3. The maximum absolute atomic E-state index is 7.94. The maximum atomic E-state index is 7.94. The number of benzene rings is 8. The molecule has 0 fully saturated rings. The van der Waals surface area contributed by atoms with Crippen LogP contribution in [0, 0.1) is 0 Å². The van der Waals surface area contributed by atoms with E-state index in [9.17, 15) is 0 Å². The molecule has 0 aliphatic carbocycles. The SMILES string of the molecule is CC(C)(C)c1cc(-c2cc(C(C)(C)C)cc([Si](c3ccccc3)(c3ccccc3)c3ccccc3)c2[O][Ge]([CH3])([CH3])[CH3])c([O][Ge]([CH3])([CH3])[CH3])c([Si](c2ccccc2)(c2ccccc2)c2ccccc2)c1. The van der Waals surface area contributed by atoms with E-state index in [1.165, 1.54) is 52.6 Å². The molecule has 0 saturated carbocycles. The van der Waals surface area contributed by atoms with Crippen molar-refractivity contribution in [2.24, 2.45) is 0 Å². The second-order valence-electron chi connectivity index (χ2n) is 22.4. The first kappa shape index (κ1) is 49.3. The first-order valence-corrected chi connectivity index (χ1v) is 42.6. The van der Waals surface area contributed by atoms with Crippen molar-refractivity contribution in [1.29, 1.82) is 0 Å². The molecule has 8 aromatic carbocycles. The van der Waals surface area contributed by atoms with Crippen molar-refractivity contribution >= 4 is 84.8 Å². The summed E-state index contributed by atoms with van der Waals surface area (Å²) in [6.45, 7) is 14.2. The topological polar surface area (TPSA) is 18.5 Å². The van der Waals surface area contributed by atoms with Gasteiger partial charge in [-0.25, -0.2) is 0 Å². The van der Waals surface area contributed by atoms with Gasteiger partial charge >= 0.3 is 419 Å². The Morgan fingerprint density at radius 2 is 0.515 bits per heavy atom. The molecule has 0 aromatic heterocycles. The fourth-order valence-electron chi connectivity index (χ4n) is 9.98. The van der Waals surface area contributed by atoms with Crippen molar-refractivity contribution in [2.45, 2.75) is 86.9 Å². The van der Waals surface area contributed by atoms with Gasteiger partial charge in [0.1, 0.15) is 0 Å². The summed E-state index contributed by atoms with van der Waals surface area (Å²) in [6, 6.07) is 78.2. The van der Waals surface area contributed by atoms with Crippen molar-refractivity contribution < 1.29 is 7.53 Å². The summed E-state index contributed by atoms with van der Waals surface area (Å²) in [6.07, 6.45) is 0. The first-order valence-electron chi connectivity index (χ1n) is 24.3. The Kier molecular flexibility index (Phi) is 14.0. The molecule has 346 valence electrons. The molecule has 0 saturated heterocycles. The van der Waals surface area contributed by atoms with Gasteiger partial charge in [-0.15, -0.1) is 0 Å². The van der Waals surface area contributed by atoms with Crippen LogP contribution in [0.3, 0.4) is 0 Å². The molecule has 0 bridgehead atoms. The Morgan fingerprint density at radius 3 is 0.691 bits per heavy atom. The quantitative estimate of drug-likeness (QED) is 0.0846. The van der Waals surface area contributed by atoms with Gasteiger partial charge in [-0.2, -0.15) is 0 Å². The Morgan fingerprint density at radius 1 is 0.309 bits per heavy atom. The summed E-state index contributed by atoms with van der Waals surface area (Å²) >= 11 is -5.98.